The second-order valence-corrected chi connectivity index (χ2v) is 4.22. The molecule has 0 atom stereocenters. The lowest BCUT2D eigenvalue weighted by molar-refractivity contribution is 0.276. The molecule has 1 aliphatic heterocycles. The van der Waals surface area contributed by atoms with Gasteiger partial charge in [-0.15, -0.1) is 0 Å². The molecule has 0 unspecified atom stereocenters. The van der Waals surface area contributed by atoms with E-state index in [9.17, 15) is 5.11 Å². The van der Waals surface area contributed by atoms with Gasteiger partial charge in [0.15, 0.2) is 0 Å². The van der Waals surface area contributed by atoms with Crippen molar-refractivity contribution in [3.8, 4) is 0 Å². The van der Waals surface area contributed by atoms with Crippen LogP contribution in [0.15, 0.2) is 24.4 Å². The van der Waals surface area contributed by atoms with Crippen molar-refractivity contribution < 1.29 is 5.11 Å². The smallest absolute Gasteiger partial charge is 0.138 e. The van der Waals surface area contributed by atoms with Gasteiger partial charge in [0.2, 0.25) is 0 Å². The molecule has 3 heterocycles. The van der Waals surface area contributed by atoms with Crippen LogP contribution in [0, 0.1) is 0 Å². The molecule has 0 aliphatic carbocycles. The first-order valence-corrected chi connectivity index (χ1v) is 5.92. The van der Waals surface area contributed by atoms with Gasteiger partial charge in [-0.2, -0.15) is 0 Å². The molecule has 0 aromatic carbocycles. The number of aromatic nitrogens is 2. The molecule has 1 fully saturated rings. The molecule has 5 nitrogen and oxygen atoms in total. The number of imidazole rings is 1. The molecule has 0 radical (unpaired) electrons. The Morgan fingerprint density at radius 2 is 2.12 bits per heavy atom. The minimum atomic E-state index is 0.0181. The normalized spacial score (nSPS) is 16.6. The van der Waals surface area contributed by atoms with Gasteiger partial charge in [-0.1, -0.05) is 6.07 Å². The van der Waals surface area contributed by atoms with Crippen LogP contribution in [0.2, 0.25) is 0 Å². The summed E-state index contributed by atoms with van der Waals surface area (Å²) in [5.74, 6) is 1.12. The lowest BCUT2D eigenvalue weighted by atomic mass is 10.3. The highest BCUT2D eigenvalue weighted by Gasteiger charge is 2.15. The van der Waals surface area contributed by atoms with Crippen molar-refractivity contribution in [1.29, 1.82) is 0 Å². The molecule has 1 saturated heterocycles. The van der Waals surface area contributed by atoms with Gasteiger partial charge in [-0.25, -0.2) is 4.98 Å². The van der Waals surface area contributed by atoms with Crippen molar-refractivity contribution >= 4 is 11.5 Å². The third kappa shape index (κ3) is 1.77. The highest BCUT2D eigenvalue weighted by atomic mass is 16.3. The monoisotopic (exact) mass is 232 g/mol. The fraction of sp³-hybridized carbons (Fsp3) is 0.417. The Balaban J connectivity index is 2.10. The van der Waals surface area contributed by atoms with Gasteiger partial charge in [0.1, 0.15) is 11.5 Å². The van der Waals surface area contributed by atoms with Crippen molar-refractivity contribution in [2.75, 3.05) is 31.1 Å². The Hall–Kier alpha value is -1.59. The summed E-state index contributed by atoms with van der Waals surface area (Å²) in [6.45, 7) is 3.99. The summed E-state index contributed by atoms with van der Waals surface area (Å²) in [5.41, 5.74) is 1.74. The van der Waals surface area contributed by atoms with Gasteiger partial charge in [0, 0.05) is 26.2 Å². The van der Waals surface area contributed by atoms with Gasteiger partial charge < -0.3 is 15.3 Å². The molecule has 17 heavy (non-hydrogen) atoms. The maximum absolute atomic E-state index is 9.36. The zero-order chi connectivity index (χ0) is 11.7. The number of pyridine rings is 1. The highest BCUT2D eigenvalue weighted by Crippen LogP contribution is 2.19. The largest absolute Gasteiger partial charge is 0.390 e. The predicted octanol–water partition coefficient (Wildman–Crippen LogP) is 0.236. The van der Waals surface area contributed by atoms with E-state index >= 15 is 0 Å². The van der Waals surface area contributed by atoms with Crippen LogP contribution in [-0.4, -0.2) is 40.7 Å². The number of aliphatic hydroxyl groups excluding tert-OH is 1. The van der Waals surface area contributed by atoms with Gasteiger partial charge in [-0.05, 0) is 12.1 Å². The van der Waals surface area contributed by atoms with Crippen molar-refractivity contribution in [1.82, 2.24) is 14.7 Å². The molecule has 3 rings (SSSR count). The lowest BCUT2D eigenvalue weighted by Crippen LogP contribution is -2.44. The quantitative estimate of drug-likeness (QED) is 0.778. The number of aliphatic hydroxyl groups is 1. The van der Waals surface area contributed by atoms with Crippen LogP contribution in [0.5, 0.6) is 0 Å². The summed E-state index contributed by atoms with van der Waals surface area (Å²) >= 11 is 0. The average Bonchev–Trinajstić information content (AvgIpc) is 2.82. The highest BCUT2D eigenvalue weighted by molar-refractivity contribution is 5.53. The summed E-state index contributed by atoms with van der Waals surface area (Å²) in [4.78, 5) is 6.63. The van der Waals surface area contributed by atoms with E-state index in [2.05, 4.69) is 21.3 Å². The molecule has 0 spiro atoms. The maximum Gasteiger partial charge on any atom is 0.138 e. The summed E-state index contributed by atoms with van der Waals surface area (Å²) in [5, 5.41) is 12.7. The van der Waals surface area contributed by atoms with Crippen LogP contribution in [0.25, 0.3) is 5.65 Å². The van der Waals surface area contributed by atoms with Crippen molar-refractivity contribution in [2.24, 2.45) is 0 Å². The van der Waals surface area contributed by atoms with Crippen molar-refractivity contribution in [2.45, 2.75) is 6.61 Å². The van der Waals surface area contributed by atoms with E-state index < -0.39 is 0 Å². The number of piperazine rings is 1. The van der Waals surface area contributed by atoms with Gasteiger partial charge in [-0.3, -0.25) is 4.40 Å². The molecule has 0 amide bonds. The number of hydrogen-bond donors (Lipinski definition) is 2. The van der Waals surface area contributed by atoms with E-state index in [0.717, 1.165) is 43.3 Å². The van der Waals surface area contributed by atoms with Crippen LogP contribution in [0.1, 0.15) is 5.69 Å². The van der Waals surface area contributed by atoms with Crippen LogP contribution < -0.4 is 10.2 Å². The zero-order valence-corrected chi connectivity index (χ0v) is 9.63. The van der Waals surface area contributed by atoms with E-state index in [-0.39, 0.29) is 6.61 Å². The number of hydrogen-bond acceptors (Lipinski definition) is 4. The Labute approximate surface area is 99.7 Å². The molecule has 0 saturated carbocycles. The first-order chi connectivity index (χ1) is 8.40. The molecule has 2 aromatic rings. The van der Waals surface area contributed by atoms with Crippen LogP contribution in [0.3, 0.4) is 0 Å². The first kappa shape index (κ1) is 10.6. The molecule has 0 bridgehead atoms. The van der Waals surface area contributed by atoms with Crippen LogP contribution in [0.4, 0.5) is 5.82 Å². The number of nitrogens with zero attached hydrogens (tertiary/aromatic N) is 3. The average molecular weight is 232 g/mol. The molecule has 5 heteroatoms. The first-order valence-electron chi connectivity index (χ1n) is 5.92. The number of fused-ring (bicyclic) bond motifs is 1. The molecule has 90 valence electrons. The second-order valence-electron chi connectivity index (χ2n) is 4.22. The summed E-state index contributed by atoms with van der Waals surface area (Å²) in [7, 11) is 0. The van der Waals surface area contributed by atoms with Gasteiger partial charge in [0.05, 0.1) is 18.5 Å². The molecular weight excluding hydrogens is 216 g/mol. The molecule has 2 aromatic heterocycles. The van der Waals surface area contributed by atoms with E-state index in [4.69, 9.17) is 0 Å². The van der Waals surface area contributed by atoms with Crippen LogP contribution >= 0.6 is 0 Å². The lowest BCUT2D eigenvalue weighted by Gasteiger charge is -2.30. The van der Waals surface area contributed by atoms with E-state index in [0.29, 0.717) is 0 Å². The Kier molecular flexibility index (Phi) is 2.70. The Morgan fingerprint density at radius 1 is 1.29 bits per heavy atom. The van der Waals surface area contributed by atoms with E-state index in [1.54, 1.807) is 6.20 Å². The Morgan fingerprint density at radius 3 is 2.88 bits per heavy atom. The number of anilines is 1. The van der Waals surface area contributed by atoms with Gasteiger partial charge in [0.25, 0.3) is 0 Å². The fourth-order valence-electron chi connectivity index (χ4n) is 2.33. The maximum atomic E-state index is 9.36. The minimum absolute atomic E-state index is 0.0181. The van der Waals surface area contributed by atoms with E-state index in [1.165, 1.54) is 0 Å². The standard InChI is InChI=1S/C12H16N4O/c17-9-10-8-14-11-2-1-3-12(16(10)11)15-6-4-13-5-7-15/h1-3,8,13,17H,4-7,9H2. The minimum Gasteiger partial charge on any atom is -0.390 e. The summed E-state index contributed by atoms with van der Waals surface area (Å²) < 4.78 is 2.03. The van der Waals surface area contributed by atoms with Crippen molar-refractivity contribution in [3.05, 3.63) is 30.1 Å². The van der Waals surface area contributed by atoms with Crippen LogP contribution in [-0.2, 0) is 6.61 Å². The summed E-state index contributed by atoms with van der Waals surface area (Å²) in [6, 6.07) is 6.06. The van der Waals surface area contributed by atoms with Crippen molar-refractivity contribution in [3.63, 3.8) is 0 Å². The Bertz CT molecular complexity index is 516. The molecule has 1 aliphatic rings. The third-order valence-corrected chi connectivity index (χ3v) is 3.18. The molecule has 2 N–H and O–H groups in total. The van der Waals surface area contributed by atoms with Gasteiger partial charge >= 0.3 is 0 Å². The van der Waals surface area contributed by atoms with E-state index in [1.807, 2.05) is 16.5 Å². The zero-order valence-electron chi connectivity index (χ0n) is 9.63. The molecular formula is C12H16N4O. The number of nitrogens with one attached hydrogen (secondary N) is 1. The summed E-state index contributed by atoms with van der Waals surface area (Å²) in [6.07, 6.45) is 1.74. The number of rotatable bonds is 2. The SMILES string of the molecule is OCc1cnc2cccc(N3CCNCC3)n12. The third-order valence-electron chi connectivity index (χ3n) is 3.18. The predicted molar refractivity (Wildman–Crippen MR) is 66.2 cm³/mol. The topological polar surface area (TPSA) is 52.8 Å². The second kappa shape index (κ2) is 4.35. The fourth-order valence-corrected chi connectivity index (χ4v) is 2.33.